The van der Waals surface area contributed by atoms with Gasteiger partial charge in [0.05, 0.1) is 7.11 Å². The summed E-state index contributed by atoms with van der Waals surface area (Å²) in [4.78, 5) is 0. The molecule has 3 aromatic rings. The average molecular weight is 262 g/mol. The van der Waals surface area contributed by atoms with Crippen molar-refractivity contribution in [2.45, 2.75) is 6.42 Å². The van der Waals surface area contributed by atoms with E-state index in [0.717, 1.165) is 23.7 Å². The Hall–Kier alpha value is -2.48. The molecular weight excluding hydrogens is 248 g/mol. The van der Waals surface area contributed by atoms with Gasteiger partial charge in [-0.2, -0.15) is 0 Å². The zero-order valence-corrected chi connectivity index (χ0v) is 11.2. The maximum atomic E-state index is 6.08. The van der Waals surface area contributed by atoms with Crippen LogP contribution in [0.25, 0.3) is 10.8 Å². The molecule has 1 aliphatic heterocycles. The van der Waals surface area contributed by atoms with E-state index in [-0.39, 0.29) is 0 Å². The fraction of sp³-hybridized carbons (Fsp3) is 0.111. The lowest BCUT2D eigenvalue weighted by atomic mass is 9.94. The van der Waals surface area contributed by atoms with E-state index in [9.17, 15) is 0 Å². The van der Waals surface area contributed by atoms with Crippen LogP contribution >= 0.6 is 0 Å². The maximum Gasteiger partial charge on any atom is 0.173 e. The van der Waals surface area contributed by atoms with E-state index in [1.807, 2.05) is 24.3 Å². The summed E-state index contributed by atoms with van der Waals surface area (Å²) < 4.78 is 11.6. The predicted octanol–water partition coefficient (Wildman–Crippen LogP) is 4.54. The van der Waals surface area contributed by atoms with Crippen molar-refractivity contribution in [3.8, 4) is 17.2 Å². The van der Waals surface area contributed by atoms with Crippen molar-refractivity contribution < 1.29 is 9.47 Å². The highest BCUT2D eigenvalue weighted by molar-refractivity contribution is 5.91. The molecule has 20 heavy (non-hydrogen) atoms. The lowest BCUT2D eigenvalue weighted by Gasteiger charge is -2.23. The first-order valence-corrected chi connectivity index (χ1v) is 6.71. The van der Waals surface area contributed by atoms with Crippen molar-refractivity contribution in [2.75, 3.05) is 7.11 Å². The summed E-state index contributed by atoms with van der Waals surface area (Å²) in [7, 11) is 1.69. The van der Waals surface area contributed by atoms with Gasteiger partial charge in [-0.1, -0.05) is 42.5 Å². The highest BCUT2D eigenvalue weighted by Crippen LogP contribution is 2.45. The quantitative estimate of drug-likeness (QED) is 0.501. The summed E-state index contributed by atoms with van der Waals surface area (Å²) in [5, 5.41) is 2.42. The molecule has 0 atom stereocenters. The van der Waals surface area contributed by atoms with Crippen molar-refractivity contribution in [1.82, 2.24) is 0 Å². The molecule has 0 unspecified atom stereocenters. The molecule has 0 amide bonds. The van der Waals surface area contributed by atoms with Crippen LogP contribution in [-0.4, -0.2) is 7.11 Å². The summed E-state index contributed by atoms with van der Waals surface area (Å²) in [5.41, 5.74) is 2.43. The number of para-hydroxylation sites is 1. The molecule has 2 heteroatoms. The summed E-state index contributed by atoms with van der Waals surface area (Å²) in [6.45, 7) is 0. The van der Waals surface area contributed by atoms with E-state index in [1.165, 1.54) is 21.9 Å². The summed E-state index contributed by atoms with van der Waals surface area (Å²) in [6.07, 6.45) is 0.878. The molecule has 3 aromatic carbocycles. The summed E-state index contributed by atoms with van der Waals surface area (Å²) in [6, 6.07) is 18.6. The Kier molecular flexibility index (Phi) is 2.43. The van der Waals surface area contributed by atoms with Gasteiger partial charge in [0, 0.05) is 12.0 Å². The molecule has 1 heterocycles. The van der Waals surface area contributed by atoms with Crippen LogP contribution in [0.5, 0.6) is 17.2 Å². The zero-order valence-electron chi connectivity index (χ0n) is 11.2. The molecular formula is C18H14O2. The Morgan fingerprint density at radius 1 is 1.00 bits per heavy atom. The van der Waals surface area contributed by atoms with Crippen molar-refractivity contribution >= 4 is 10.8 Å². The van der Waals surface area contributed by atoms with E-state index in [0.29, 0.717) is 0 Å². The maximum absolute atomic E-state index is 6.08. The molecule has 0 N–H and O–H groups in total. The third-order valence-corrected chi connectivity index (χ3v) is 3.84. The van der Waals surface area contributed by atoms with E-state index in [4.69, 9.17) is 9.47 Å². The first kappa shape index (κ1) is 11.4. The van der Waals surface area contributed by atoms with Crippen LogP contribution in [0.3, 0.4) is 0 Å². The van der Waals surface area contributed by atoms with Crippen molar-refractivity contribution in [2.24, 2.45) is 0 Å². The smallest absolute Gasteiger partial charge is 0.173 e. The molecule has 0 bridgehead atoms. The normalized spacial score (nSPS) is 12.4. The van der Waals surface area contributed by atoms with Crippen LogP contribution < -0.4 is 9.47 Å². The number of rotatable bonds is 1. The van der Waals surface area contributed by atoms with Crippen molar-refractivity contribution in [3.63, 3.8) is 0 Å². The second kappa shape index (κ2) is 4.27. The standard InChI is InChI=1S/C18H14O2/c1-19-17-11-12-6-2-4-8-14(12)15-10-13-7-3-5-9-16(13)20-18(15)17/h2-9,11H,10H2,1H3. The lowest BCUT2D eigenvalue weighted by molar-refractivity contribution is 0.373. The van der Waals surface area contributed by atoms with Gasteiger partial charge in [-0.25, -0.2) is 0 Å². The monoisotopic (exact) mass is 262 g/mol. The molecule has 0 spiro atoms. The van der Waals surface area contributed by atoms with Crippen molar-refractivity contribution in [3.05, 3.63) is 65.7 Å². The number of hydrogen-bond acceptors (Lipinski definition) is 2. The molecule has 0 saturated carbocycles. The van der Waals surface area contributed by atoms with Crippen LogP contribution in [-0.2, 0) is 6.42 Å². The van der Waals surface area contributed by atoms with E-state index < -0.39 is 0 Å². The molecule has 0 saturated heterocycles. The van der Waals surface area contributed by atoms with Crippen LogP contribution in [0.1, 0.15) is 11.1 Å². The zero-order chi connectivity index (χ0) is 13.5. The Balaban J connectivity index is 2.02. The topological polar surface area (TPSA) is 18.5 Å². The van der Waals surface area contributed by atoms with Crippen LogP contribution in [0.2, 0.25) is 0 Å². The number of benzene rings is 3. The summed E-state index contributed by atoms with van der Waals surface area (Å²) in [5.74, 6) is 2.58. The van der Waals surface area contributed by atoms with Gasteiger partial charge in [0.2, 0.25) is 0 Å². The molecule has 0 aromatic heterocycles. The van der Waals surface area contributed by atoms with Crippen LogP contribution in [0.4, 0.5) is 0 Å². The minimum absolute atomic E-state index is 0.799. The largest absolute Gasteiger partial charge is 0.493 e. The Morgan fingerprint density at radius 3 is 2.70 bits per heavy atom. The minimum atomic E-state index is 0.799. The van der Waals surface area contributed by atoms with Crippen LogP contribution in [0, 0.1) is 0 Å². The second-order valence-electron chi connectivity index (χ2n) is 4.99. The second-order valence-corrected chi connectivity index (χ2v) is 4.99. The third-order valence-electron chi connectivity index (χ3n) is 3.84. The van der Waals surface area contributed by atoms with Crippen LogP contribution in [0.15, 0.2) is 54.6 Å². The molecule has 2 nitrogen and oxygen atoms in total. The molecule has 0 aliphatic carbocycles. The van der Waals surface area contributed by atoms with Gasteiger partial charge in [-0.15, -0.1) is 0 Å². The first-order chi connectivity index (χ1) is 9.86. The van der Waals surface area contributed by atoms with Gasteiger partial charge in [0.15, 0.2) is 11.5 Å². The Morgan fingerprint density at radius 2 is 1.80 bits per heavy atom. The minimum Gasteiger partial charge on any atom is -0.493 e. The Labute approximate surface area is 117 Å². The first-order valence-electron chi connectivity index (χ1n) is 6.71. The van der Waals surface area contributed by atoms with Gasteiger partial charge in [0.25, 0.3) is 0 Å². The number of fused-ring (bicyclic) bond motifs is 4. The summed E-state index contributed by atoms with van der Waals surface area (Å²) >= 11 is 0. The fourth-order valence-electron chi connectivity index (χ4n) is 2.86. The molecule has 98 valence electrons. The van der Waals surface area contributed by atoms with E-state index in [1.54, 1.807) is 7.11 Å². The fourth-order valence-corrected chi connectivity index (χ4v) is 2.86. The predicted molar refractivity (Wildman–Crippen MR) is 79.8 cm³/mol. The molecule has 0 fully saturated rings. The Bertz CT molecular complexity index is 806. The van der Waals surface area contributed by atoms with Crippen molar-refractivity contribution in [1.29, 1.82) is 0 Å². The van der Waals surface area contributed by atoms with Gasteiger partial charge in [0.1, 0.15) is 5.75 Å². The highest BCUT2D eigenvalue weighted by Gasteiger charge is 2.22. The number of hydrogen-bond donors (Lipinski definition) is 0. The SMILES string of the molecule is COc1cc2ccccc2c2c1Oc1ccccc1C2. The molecule has 4 rings (SSSR count). The molecule has 0 radical (unpaired) electrons. The van der Waals surface area contributed by atoms with E-state index >= 15 is 0 Å². The van der Waals surface area contributed by atoms with Gasteiger partial charge < -0.3 is 9.47 Å². The van der Waals surface area contributed by atoms with Gasteiger partial charge >= 0.3 is 0 Å². The number of ether oxygens (including phenoxy) is 2. The molecule has 1 aliphatic rings. The third kappa shape index (κ3) is 1.58. The van der Waals surface area contributed by atoms with E-state index in [2.05, 4.69) is 30.3 Å². The number of methoxy groups -OCH3 is 1. The van der Waals surface area contributed by atoms with Gasteiger partial charge in [-0.3, -0.25) is 0 Å². The lowest BCUT2D eigenvalue weighted by Crippen LogP contribution is -2.05. The van der Waals surface area contributed by atoms with Gasteiger partial charge in [-0.05, 0) is 28.5 Å². The highest BCUT2D eigenvalue weighted by atomic mass is 16.5. The average Bonchev–Trinajstić information content (AvgIpc) is 2.52.